The number of ether oxygens (including phenoxy) is 1. The molecule has 7 heteroatoms. The van der Waals surface area contributed by atoms with Crippen LogP contribution in [0.25, 0.3) is 27.7 Å². The van der Waals surface area contributed by atoms with Crippen LogP contribution < -0.4 is 10.1 Å². The molecule has 0 saturated carbocycles. The van der Waals surface area contributed by atoms with Crippen LogP contribution in [-0.4, -0.2) is 17.5 Å². The number of aromatic nitrogens is 1. The number of rotatable bonds is 6. The SMILES string of the molecule is CCOc1c(/C(C)=C/C(=O)Nc2nccs2)cc2c(-c3cccc(Br)c3)coc2c1C. The molecule has 0 bridgehead atoms. The largest absolute Gasteiger partial charge is 0.493 e. The molecule has 0 fully saturated rings. The number of allylic oxidation sites excluding steroid dienone is 1. The fraction of sp³-hybridized carbons (Fsp3) is 0.167. The molecule has 4 rings (SSSR count). The molecule has 2 heterocycles. The normalized spacial score (nSPS) is 11.7. The van der Waals surface area contributed by atoms with Gasteiger partial charge in [0.1, 0.15) is 11.3 Å². The van der Waals surface area contributed by atoms with Gasteiger partial charge in [-0.1, -0.05) is 28.1 Å². The monoisotopic (exact) mass is 496 g/mol. The highest BCUT2D eigenvalue weighted by atomic mass is 79.9. The maximum absolute atomic E-state index is 12.5. The van der Waals surface area contributed by atoms with Gasteiger partial charge in [-0.05, 0) is 50.1 Å². The molecule has 0 aliphatic carbocycles. The molecule has 0 aliphatic rings. The molecule has 1 amide bonds. The van der Waals surface area contributed by atoms with Gasteiger partial charge in [0, 0.05) is 44.2 Å². The Kier molecular flexibility index (Phi) is 6.25. The van der Waals surface area contributed by atoms with E-state index in [0.29, 0.717) is 11.7 Å². The smallest absolute Gasteiger partial charge is 0.250 e. The molecule has 5 nitrogen and oxygen atoms in total. The molecule has 0 spiro atoms. The van der Waals surface area contributed by atoms with Crippen LogP contribution >= 0.6 is 27.3 Å². The van der Waals surface area contributed by atoms with Crippen LogP contribution in [0.1, 0.15) is 25.0 Å². The Morgan fingerprint density at radius 1 is 1.35 bits per heavy atom. The topological polar surface area (TPSA) is 64.4 Å². The Labute approximate surface area is 192 Å². The van der Waals surface area contributed by atoms with Gasteiger partial charge in [0.2, 0.25) is 5.91 Å². The van der Waals surface area contributed by atoms with Crippen LogP contribution in [0.4, 0.5) is 5.13 Å². The molecule has 31 heavy (non-hydrogen) atoms. The summed E-state index contributed by atoms with van der Waals surface area (Å²) in [6, 6.07) is 10.1. The number of halogens is 1. The number of nitrogens with one attached hydrogen (secondary N) is 1. The highest BCUT2D eigenvalue weighted by Crippen LogP contribution is 2.41. The second-order valence-electron chi connectivity index (χ2n) is 7.00. The Bertz CT molecular complexity index is 1280. The number of carbonyl (C=O) groups is 1. The first-order valence-corrected chi connectivity index (χ1v) is 11.5. The summed E-state index contributed by atoms with van der Waals surface area (Å²) in [5, 5.41) is 6.15. The number of hydrogen-bond donors (Lipinski definition) is 1. The number of amides is 1. The lowest BCUT2D eigenvalue weighted by molar-refractivity contribution is -0.111. The van der Waals surface area contributed by atoms with Gasteiger partial charge in [-0.2, -0.15) is 0 Å². The van der Waals surface area contributed by atoms with Crippen LogP contribution in [0.2, 0.25) is 0 Å². The Morgan fingerprint density at radius 3 is 2.90 bits per heavy atom. The summed E-state index contributed by atoms with van der Waals surface area (Å²) >= 11 is 4.92. The number of anilines is 1. The number of furan rings is 1. The Morgan fingerprint density at radius 2 is 2.19 bits per heavy atom. The quantitative estimate of drug-likeness (QED) is 0.290. The predicted octanol–water partition coefficient (Wildman–Crippen LogP) is 7.07. The van der Waals surface area contributed by atoms with Crippen molar-refractivity contribution in [3.05, 3.63) is 69.8 Å². The van der Waals surface area contributed by atoms with Crippen molar-refractivity contribution in [2.24, 2.45) is 0 Å². The van der Waals surface area contributed by atoms with Gasteiger partial charge in [0.05, 0.1) is 12.9 Å². The average molecular weight is 497 g/mol. The van der Waals surface area contributed by atoms with Crippen LogP contribution in [0, 0.1) is 6.92 Å². The number of fused-ring (bicyclic) bond motifs is 1. The minimum atomic E-state index is -0.230. The highest BCUT2D eigenvalue weighted by Gasteiger charge is 2.19. The van der Waals surface area contributed by atoms with E-state index in [1.165, 1.54) is 11.3 Å². The summed E-state index contributed by atoms with van der Waals surface area (Å²) in [5.41, 5.74) is 5.38. The lowest BCUT2D eigenvalue weighted by Crippen LogP contribution is -2.08. The van der Waals surface area contributed by atoms with Crippen molar-refractivity contribution >= 4 is 54.8 Å². The second-order valence-corrected chi connectivity index (χ2v) is 8.81. The molecule has 158 valence electrons. The van der Waals surface area contributed by atoms with E-state index in [1.54, 1.807) is 18.5 Å². The fourth-order valence-corrected chi connectivity index (χ4v) is 4.45. The van der Waals surface area contributed by atoms with Gasteiger partial charge >= 0.3 is 0 Å². The van der Waals surface area contributed by atoms with Gasteiger partial charge in [0.15, 0.2) is 5.13 Å². The first-order valence-electron chi connectivity index (χ1n) is 9.80. The van der Waals surface area contributed by atoms with E-state index in [0.717, 1.165) is 49.0 Å². The molecule has 0 aliphatic heterocycles. The number of benzene rings is 2. The number of aryl methyl sites for hydroxylation is 1. The van der Waals surface area contributed by atoms with Crippen molar-refractivity contribution in [1.82, 2.24) is 4.98 Å². The van der Waals surface area contributed by atoms with Crippen molar-refractivity contribution < 1.29 is 13.9 Å². The number of thiazole rings is 1. The lowest BCUT2D eigenvalue weighted by atomic mass is 9.96. The minimum Gasteiger partial charge on any atom is -0.493 e. The summed E-state index contributed by atoms with van der Waals surface area (Å²) < 4.78 is 12.9. The summed E-state index contributed by atoms with van der Waals surface area (Å²) in [5.74, 6) is 0.494. The molecule has 0 radical (unpaired) electrons. The van der Waals surface area contributed by atoms with Crippen LogP contribution in [0.15, 0.2) is 63.1 Å². The van der Waals surface area contributed by atoms with Gasteiger partial charge in [-0.15, -0.1) is 11.3 Å². The summed E-state index contributed by atoms with van der Waals surface area (Å²) in [7, 11) is 0. The summed E-state index contributed by atoms with van der Waals surface area (Å²) in [6.07, 6.45) is 5.00. The van der Waals surface area contributed by atoms with E-state index in [1.807, 2.05) is 50.4 Å². The molecule has 1 N–H and O–H groups in total. The zero-order chi connectivity index (χ0) is 22.0. The van der Waals surface area contributed by atoms with E-state index in [2.05, 4.69) is 32.3 Å². The minimum absolute atomic E-state index is 0.230. The zero-order valence-electron chi connectivity index (χ0n) is 17.4. The lowest BCUT2D eigenvalue weighted by Gasteiger charge is -2.15. The number of nitrogens with zero attached hydrogens (tertiary/aromatic N) is 1. The Hall–Kier alpha value is -2.90. The third kappa shape index (κ3) is 4.43. The maximum atomic E-state index is 12.5. The van der Waals surface area contributed by atoms with Crippen molar-refractivity contribution in [1.29, 1.82) is 0 Å². The summed E-state index contributed by atoms with van der Waals surface area (Å²) in [6.45, 7) is 6.34. The number of hydrogen-bond acceptors (Lipinski definition) is 5. The van der Waals surface area contributed by atoms with Crippen LogP contribution in [-0.2, 0) is 4.79 Å². The van der Waals surface area contributed by atoms with Crippen molar-refractivity contribution in [3.8, 4) is 16.9 Å². The second kappa shape index (κ2) is 9.08. The van der Waals surface area contributed by atoms with Crippen LogP contribution in [0.5, 0.6) is 5.75 Å². The van der Waals surface area contributed by atoms with E-state index in [9.17, 15) is 4.79 Å². The van der Waals surface area contributed by atoms with Gasteiger partial charge in [-0.25, -0.2) is 4.98 Å². The van der Waals surface area contributed by atoms with E-state index < -0.39 is 0 Å². The van der Waals surface area contributed by atoms with E-state index in [-0.39, 0.29) is 5.91 Å². The van der Waals surface area contributed by atoms with E-state index >= 15 is 0 Å². The third-order valence-corrected chi connectivity index (χ3v) is 6.08. The molecular weight excluding hydrogens is 476 g/mol. The fourth-order valence-electron chi connectivity index (χ4n) is 3.52. The standard InChI is InChI=1S/C24H21BrN2O3S/c1-4-29-22-15(3)23-19(20(13-30-23)16-6-5-7-17(25)11-16)12-18(22)14(2)10-21(28)27-24-26-8-9-31-24/h5-13H,4H2,1-3H3,(H,26,27,28)/b14-10+. The zero-order valence-corrected chi connectivity index (χ0v) is 19.8. The Balaban J connectivity index is 1.82. The molecule has 0 saturated heterocycles. The third-order valence-electron chi connectivity index (χ3n) is 4.90. The summed E-state index contributed by atoms with van der Waals surface area (Å²) in [4.78, 5) is 16.6. The van der Waals surface area contributed by atoms with Gasteiger partial charge in [-0.3, -0.25) is 10.1 Å². The van der Waals surface area contributed by atoms with Crippen molar-refractivity contribution in [2.45, 2.75) is 20.8 Å². The van der Waals surface area contributed by atoms with Gasteiger partial charge < -0.3 is 9.15 Å². The number of carbonyl (C=O) groups excluding carboxylic acids is 1. The highest BCUT2D eigenvalue weighted by molar-refractivity contribution is 9.10. The molecule has 2 aromatic carbocycles. The molecule has 2 aromatic heterocycles. The predicted molar refractivity (Wildman–Crippen MR) is 130 cm³/mol. The van der Waals surface area contributed by atoms with Gasteiger partial charge in [0.25, 0.3) is 0 Å². The molecule has 0 atom stereocenters. The average Bonchev–Trinajstić information content (AvgIpc) is 3.39. The molecule has 0 unspecified atom stereocenters. The maximum Gasteiger partial charge on any atom is 0.250 e. The van der Waals surface area contributed by atoms with Crippen molar-refractivity contribution in [3.63, 3.8) is 0 Å². The molecular formula is C24H21BrN2O3S. The van der Waals surface area contributed by atoms with Crippen LogP contribution in [0.3, 0.4) is 0 Å². The first kappa shape index (κ1) is 21.3. The van der Waals surface area contributed by atoms with E-state index in [4.69, 9.17) is 9.15 Å². The van der Waals surface area contributed by atoms with Crippen molar-refractivity contribution in [2.75, 3.05) is 11.9 Å². The first-order chi connectivity index (χ1) is 15.0. The molecule has 4 aromatic rings.